The normalized spacial score (nSPS) is 11.3. The second-order valence-electron chi connectivity index (χ2n) is 7.04. The van der Waals surface area contributed by atoms with Crippen LogP contribution in [0.2, 0.25) is 0 Å². The van der Waals surface area contributed by atoms with Crippen LogP contribution < -0.4 is 5.32 Å². The first-order valence-corrected chi connectivity index (χ1v) is 9.88. The Kier molecular flexibility index (Phi) is 7.59. The van der Waals surface area contributed by atoms with Gasteiger partial charge in [0.2, 0.25) is 5.78 Å². The third-order valence-corrected chi connectivity index (χ3v) is 4.68. The van der Waals surface area contributed by atoms with Crippen molar-refractivity contribution in [2.75, 3.05) is 11.9 Å². The number of rotatable bonds is 10. The number of esters is 1. The molecule has 0 aromatic heterocycles. The lowest BCUT2D eigenvalue weighted by atomic mass is 10.0. The van der Waals surface area contributed by atoms with Gasteiger partial charge in [-0.3, -0.25) is 19.7 Å². The zero-order valence-electron chi connectivity index (χ0n) is 17.3. The highest BCUT2D eigenvalue weighted by molar-refractivity contribution is 6.01. The summed E-state index contributed by atoms with van der Waals surface area (Å²) in [5.41, 5.74) is 0.519. The van der Waals surface area contributed by atoms with E-state index in [0.717, 1.165) is 6.07 Å². The lowest BCUT2D eigenvalue weighted by molar-refractivity contribution is -0.384. The van der Waals surface area contributed by atoms with E-state index in [2.05, 4.69) is 5.32 Å². The standard InChI is InChI=1S/C24H19FN2O6/c25-18-9-11-19(12-10-18)26-21(14-22(28)16-5-2-1-3-6-16)24(30)33-15-23(29)17-7-4-8-20(13-17)27(31)32/h1-13,21,26H,14-15H2/t21-/m0/s1. The van der Waals surface area contributed by atoms with Gasteiger partial charge < -0.3 is 10.1 Å². The van der Waals surface area contributed by atoms with Crippen molar-refractivity contribution in [1.29, 1.82) is 0 Å². The minimum atomic E-state index is -1.15. The van der Waals surface area contributed by atoms with Gasteiger partial charge in [-0.15, -0.1) is 0 Å². The second kappa shape index (κ2) is 10.8. The molecular formula is C24H19FN2O6. The smallest absolute Gasteiger partial charge is 0.329 e. The van der Waals surface area contributed by atoms with Crippen LogP contribution in [0.4, 0.5) is 15.8 Å². The number of halogens is 1. The maximum absolute atomic E-state index is 13.2. The Morgan fingerprint density at radius 3 is 2.24 bits per heavy atom. The van der Waals surface area contributed by atoms with E-state index in [1.165, 1.54) is 42.5 Å². The third kappa shape index (κ3) is 6.54. The van der Waals surface area contributed by atoms with E-state index in [1.807, 2.05) is 0 Å². The van der Waals surface area contributed by atoms with Crippen LogP contribution in [0.1, 0.15) is 27.1 Å². The number of hydrogen-bond donors (Lipinski definition) is 1. The predicted octanol–water partition coefficient (Wildman–Crippen LogP) is 4.21. The van der Waals surface area contributed by atoms with Crippen LogP contribution in [0, 0.1) is 15.9 Å². The number of nitro groups is 1. The van der Waals surface area contributed by atoms with Crippen LogP contribution in [0.15, 0.2) is 78.9 Å². The molecule has 0 aliphatic rings. The first-order valence-electron chi connectivity index (χ1n) is 9.88. The van der Waals surface area contributed by atoms with E-state index in [9.17, 15) is 28.9 Å². The molecule has 0 saturated heterocycles. The van der Waals surface area contributed by atoms with Crippen molar-refractivity contribution in [2.24, 2.45) is 0 Å². The summed E-state index contributed by atoms with van der Waals surface area (Å²) in [7, 11) is 0. The Balaban J connectivity index is 1.71. The highest BCUT2D eigenvalue weighted by Gasteiger charge is 2.25. The van der Waals surface area contributed by atoms with Crippen LogP contribution in [0.5, 0.6) is 0 Å². The van der Waals surface area contributed by atoms with E-state index in [4.69, 9.17) is 4.74 Å². The highest BCUT2D eigenvalue weighted by Crippen LogP contribution is 2.16. The van der Waals surface area contributed by atoms with Crippen molar-refractivity contribution in [3.05, 3.63) is 106 Å². The Morgan fingerprint density at radius 1 is 0.909 bits per heavy atom. The van der Waals surface area contributed by atoms with Crippen LogP contribution in [0.3, 0.4) is 0 Å². The van der Waals surface area contributed by atoms with E-state index >= 15 is 0 Å². The van der Waals surface area contributed by atoms with Gasteiger partial charge in [0.25, 0.3) is 5.69 Å². The maximum Gasteiger partial charge on any atom is 0.329 e. The molecular weight excluding hydrogens is 431 g/mol. The van der Waals surface area contributed by atoms with E-state index in [-0.39, 0.29) is 23.5 Å². The fourth-order valence-corrected chi connectivity index (χ4v) is 2.98. The van der Waals surface area contributed by atoms with Crippen LogP contribution in [-0.4, -0.2) is 35.1 Å². The molecule has 0 saturated carbocycles. The summed E-state index contributed by atoms with van der Waals surface area (Å²) in [5.74, 6) is -2.32. The summed E-state index contributed by atoms with van der Waals surface area (Å²) in [5, 5.41) is 13.7. The molecule has 8 nitrogen and oxygen atoms in total. The van der Waals surface area contributed by atoms with E-state index in [0.29, 0.717) is 11.3 Å². The number of ketones is 2. The van der Waals surface area contributed by atoms with Crippen molar-refractivity contribution < 1.29 is 28.4 Å². The van der Waals surface area contributed by atoms with Crippen molar-refractivity contribution in [2.45, 2.75) is 12.5 Å². The SMILES string of the molecule is O=C(COC(=O)[C@H](CC(=O)c1ccccc1)Nc1ccc(F)cc1)c1cccc([N+](=O)[O-])c1. The molecule has 1 atom stereocenters. The van der Waals surface area contributed by atoms with Gasteiger partial charge in [0, 0.05) is 35.4 Å². The molecule has 9 heteroatoms. The molecule has 3 rings (SSSR count). The first-order chi connectivity index (χ1) is 15.8. The molecule has 0 amide bonds. The lowest BCUT2D eigenvalue weighted by Crippen LogP contribution is -2.34. The van der Waals surface area contributed by atoms with Crippen molar-refractivity contribution in [1.82, 2.24) is 0 Å². The average molecular weight is 450 g/mol. The van der Waals surface area contributed by atoms with Gasteiger partial charge in [0.15, 0.2) is 12.4 Å². The minimum absolute atomic E-state index is 0.0143. The fourth-order valence-electron chi connectivity index (χ4n) is 2.98. The summed E-state index contributed by atoms with van der Waals surface area (Å²) in [6.07, 6.45) is -0.273. The van der Waals surface area contributed by atoms with Crippen LogP contribution in [-0.2, 0) is 9.53 Å². The van der Waals surface area contributed by atoms with E-state index in [1.54, 1.807) is 30.3 Å². The highest BCUT2D eigenvalue weighted by atomic mass is 19.1. The molecule has 0 spiro atoms. The number of carbonyl (C=O) groups excluding carboxylic acids is 3. The third-order valence-electron chi connectivity index (χ3n) is 4.68. The predicted molar refractivity (Wildman–Crippen MR) is 118 cm³/mol. The van der Waals surface area contributed by atoms with Crippen LogP contribution >= 0.6 is 0 Å². The Hall–Kier alpha value is -4.40. The summed E-state index contributed by atoms with van der Waals surface area (Å²) >= 11 is 0. The second-order valence-corrected chi connectivity index (χ2v) is 7.04. The molecule has 3 aromatic rings. The molecule has 0 radical (unpaired) electrons. The minimum Gasteiger partial charge on any atom is -0.456 e. The largest absolute Gasteiger partial charge is 0.456 e. The number of anilines is 1. The number of carbonyl (C=O) groups is 3. The molecule has 0 heterocycles. The quantitative estimate of drug-likeness (QED) is 0.213. The Bertz CT molecular complexity index is 1170. The summed E-state index contributed by atoms with van der Waals surface area (Å²) in [4.78, 5) is 48.0. The van der Waals surface area contributed by atoms with E-state index < -0.39 is 35.1 Å². The molecule has 0 aliphatic carbocycles. The number of Topliss-reactive ketones (excluding diaryl/α,β-unsaturated/α-hetero) is 2. The first kappa shape index (κ1) is 23.3. The van der Waals surface area contributed by atoms with Crippen molar-refractivity contribution in [3.63, 3.8) is 0 Å². The number of ether oxygens (including phenoxy) is 1. The molecule has 1 N–H and O–H groups in total. The average Bonchev–Trinajstić information content (AvgIpc) is 2.83. The topological polar surface area (TPSA) is 116 Å². The number of nitrogens with zero attached hydrogens (tertiary/aromatic N) is 1. The number of non-ortho nitro benzene ring substituents is 1. The van der Waals surface area contributed by atoms with Gasteiger partial charge in [-0.25, -0.2) is 9.18 Å². The number of nitro benzene ring substituents is 1. The molecule has 0 fully saturated rings. The zero-order chi connectivity index (χ0) is 23.8. The Morgan fingerprint density at radius 2 is 1.58 bits per heavy atom. The molecule has 33 heavy (non-hydrogen) atoms. The molecule has 0 unspecified atom stereocenters. The van der Waals surface area contributed by atoms with Gasteiger partial charge in [0.1, 0.15) is 11.9 Å². The van der Waals surface area contributed by atoms with Crippen molar-refractivity contribution >= 4 is 28.9 Å². The molecule has 0 aliphatic heterocycles. The van der Waals surface area contributed by atoms with Crippen LogP contribution in [0.25, 0.3) is 0 Å². The molecule has 168 valence electrons. The van der Waals surface area contributed by atoms with Gasteiger partial charge in [0.05, 0.1) is 4.92 Å². The Labute approximate surface area is 188 Å². The van der Waals surface area contributed by atoms with Gasteiger partial charge >= 0.3 is 5.97 Å². The zero-order valence-corrected chi connectivity index (χ0v) is 17.3. The number of benzene rings is 3. The monoisotopic (exact) mass is 450 g/mol. The fraction of sp³-hybridized carbons (Fsp3) is 0.125. The van der Waals surface area contributed by atoms with Gasteiger partial charge in [-0.2, -0.15) is 0 Å². The molecule has 3 aromatic carbocycles. The summed E-state index contributed by atoms with van der Waals surface area (Å²) in [6.45, 7) is -0.666. The number of hydrogen-bond acceptors (Lipinski definition) is 7. The summed E-state index contributed by atoms with van der Waals surface area (Å²) in [6, 6.07) is 17.4. The lowest BCUT2D eigenvalue weighted by Gasteiger charge is -2.18. The molecule has 0 bridgehead atoms. The maximum atomic E-state index is 13.2. The van der Waals surface area contributed by atoms with Gasteiger partial charge in [-0.1, -0.05) is 42.5 Å². The van der Waals surface area contributed by atoms with Crippen molar-refractivity contribution in [3.8, 4) is 0 Å². The summed E-state index contributed by atoms with van der Waals surface area (Å²) < 4.78 is 18.3. The van der Waals surface area contributed by atoms with Gasteiger partial charge in [-0.05, 0) is 24.3 Å². The number of nitrogens with one attached hydrogen (secondary N) is 1.